The lowest BCUT2D eigenvalue weighted by molar-refractivity contribution is -0.0221. The highest BCUT2D eigenvalue weighted by atomic mass is 16.5. The molecule has 1 aromatic heterocycles. The van der Waals surface area contributed by atoms with Gasteiger partial charge in [-0.05, 0) is 36.1 Å². The predicted octanol–water partition coefficient (Wildman–Crippen LogP) is 2.72. The molecule has 1 aromatic carbocycles. The first-order chi connectivity index (χ1) is 9.83. The van der Waals surface area contributed by atoms with Crippen LogP contribution in [0.4, 0.5) is 0 Å². The van der Waals surface area contributed by atoms with Crippen LogP contribution in [0.1, 0.15) is 12.0 Å². The Kier molecular flexibility index (Phi) is 2.83. The highest BCUT2D eigenvalue weighted by Crippen LogP contribution is 2.34. The van der Waals surface area contributed by atoms with Gasteiger partial charge in [-0.15, -0.1) is 0 Å². The number of hydrogen-bond acceptors (Lipinski definition) is 3. The molecule has 1 fully saturated rings. The summed E-state index contributed by atoms with van der Waals surface area (Å²) in [4.78, 5) is 6.66. The lowest BCUT2D eigenvalue weighted by Crippen LogP contribution is -2.51. The van der Waals surface area contributed by atoms with E-state index in [1.54, 1.807) is 0 Å². The Labute approximate surface area is 118 Å². The van der Waals surface area contributed by atoms with Crippen LogP contribution in [0.3, 0.4) is 0 Å². The number of hydrogen-bond donors (Lipinski definition) is 0. The summed E-state index contributed by atoms with van der Waals surface area (Å²) >= 11 is 0. The number of rotatable bonds is 1. The van der Waals surface area contributed by atoms with E-state index in [4.69, 9.17) is 4.74 Å². The second kappa shape index (κ2) is 4.69. The Balaban J connectivity index is 1.84. The van der Waals surface area contributed by atoms with E-state index in [9.17, 15) is 0 Å². The summed E-state index contributed by atoms with van der Waals surface area (Å²) in [6, 6.07) is 9.53. The number of nitrogens with zero attached hydrogens (tertiary/aromatic N) is 2. The Morgan fingerprint density at radius 1 is 1.25 bits per heavy atom. The van der Waals surface area contributed by atoms with E-state index in [1.807, 2.05) is 12.4 Å². The predicted molar refractivity (Wildman–Crippen MR) is 80.5 cm³/mol. The van der Waals surface area contributed by atoms with Crippen molar-refractivity contribution in [1.82, 2.24) is 9.88 Å². The van der Waals surface area contributed by atoms with Crippen LogP contribution in [0.25, 0.3) is 16.3 Å². The standard InChI is InChI=1S/C17H18N2O/c1-19-14-7-13(8-15(19)11-20-10-14)16-4-2-3-12-9-18-6-5-17(12)16/h2-7,9,14-15H,8,10-11H2,1H3. The largest absolute Gasteiger partial charge is 0.378 e. The second-order valence-electron chi connectivity index (χ2n) is 5.72. The minimum absolute atomic E-state index is 0.412. The summed E-state index contributed by atoms with van der Waals surface area (Å²) in [5.74, 6) is 0. The van der Waals surface area contributed by atoms with Gasteiger partial charge in [-0.3, -0.25) is 9.88 Å². The number of aromatic nitrogens is 1. The van der Waals surface area contributed by atoms with Crippen LogP contribution in [0.2, 0.25) is 0 Å². The minimum atomic E-state index is 0.412. The number of morpholine rings is 1. The van der Waals surface area contributed by atoms with Gasteiger partial charge in [0.2, 0.25) is 0 Å². The Hall–Kier alpha value is -1.71. The fourth-order valence-electron chi connectivity index (χ4n) is 3.36. The molecule has 2 unspecified atom stereocenters. The van der Waals surface area contributed by atoms with Crippen molar-refractivity contribution in [1.29, 1.82) is 0 Å². The molecule has 4 rings (SSSR count). The third kappa shape index (κ3) is 1.86. The zero-order valence-corrected chi connectivity index (χ0v) is 11.6. The van der Waals surface area contributed by atoms with E-state index in [-0.39, 0.29) is 0 Å². The highest BCUT2D eigenvalue weighted by molar-refractivity contribution is 5.93. The molecule has 0 amide bonds. The Morgan fingerprint density at radius 2 is 2.20 bits per heavy atom. The average molecular weight is 266 g/mol. The molecular weight excluding hydrogens is 248 g/mol. The summed E-state index contributed by atoms with van der Waals surface area (Å²) < 4.78 is 5.68. The molecule has 3 heterocycles. The molecule has 2 aliphatic rings. The minimum Gasteiger partial charge on any atom is -0.378 e. The van der Waals surface area contributed by atoms with Gasteiger partial charge >= 0.3 is 0 Å². The molecule has 2 bridgehead atoms. The van der Waals surface area contributed by atoms with Gasteiger partial charge in [0.1, 0.15) is 0 Å². The molecule has 2 atom stereocenters. The number of likely N-dealkylation sites (N-methyl/N-ethyl adjacent to an activating group) is 1. The van der Waals surface area contributed by atoms with Crippen LogP contribution < -0.4 is 0 Å². The molecule has 0 aliphatic carbocycles. The smallest absolute Gasteiger partial charge is 0.0658 e. The number of fused-ring (bicyclic) bond motifs is 3. The maximum atomic E-state index is 5.68. The van der Waals surface area contributed by atoms with Crippen molar-refractivity contribution in [3.05, 3.63) is 48.3 Å². The molecule has 2 aliphatic heterocycles. The summed E-state index contributed by atoms with van der Waals surface area (Å²) in [6.07, 6.45) is 7.27. The van der Waals surface area contributed by atoms with E-state index >= 15 is 0 Å². The molecule has 20 heavy (non-hydrogen) atoms. The van der Waals surface area contributed by atoms with Crippen LogP contribution in [-0.2, 0) is 4.74 Å². The lowest BCUT2D eigenvalue weighted by atomic mass is 9.88. The van der Waals surface area contributed by atoms with Crippen molar-refractivity contribution in [3.8, 4) is 0 Å². The Morgan fingerprint density at radius 3 is 3.10 bits per heavy atom. The van der Waals surface area contributed by atoms with Crippen molar-refractivity contribution in [2.45, 2.75) is 18.5 Å². The van der Waals surface area contributed by atoms with Crippen molar-refractivity contribution < 1.29 is 4.74 Å². The Bertz CT molecular complexity index is 674. The van der Waals surface area contributed by atoms with Gasteiger partial charge in [-0.25, -0.2) is 0 Å². The van der Waals surface area contributed by atoms with E-state index < -0.39 is 0 Å². The molecule has 1 saturated heterocycles. The summed E-state index contributed by atoms with van der Waals surface area (Å²) in [5.41, 5.74) is 2.81. The van der Waals surface area contributed by atoms with Crippen LogP contribution >= 0.6 is 0 Å². The van der Waals surface area contributed by atoms with E-state index in [0.717, 1.165) is 19.6 Å². The van der Waals surface area contributed by atoms with E-state index in [0.29, 0.717) is 12.1 Å². The molecule has 3 heteroatoms. The fourth-order valence-corrected chi connectivity index (χ4v) is 3.36. The van der Waals surface area contributed by atoms with Crippen molar-refractivity contribution in [2.24, 2.45) is 0 Å². The van der Waals surface area contributed by atoms with Crippen molar-refractivity contribution >= 4 is 16.3 Å². The van der Waals surface area contributed by atoms with Crippen LogP contribution in [-0.4, -0.2) is 42.2 Å². The van der Waals surface area contributed by atoms with Gasteiger partial charge in [0.15, 0.2) is 0 Å². The number of ether oxygens (including phenoxy) is 1. The van der Waals surface area contributed by atoms with Gasteiger partial charge in [-0.1, -0.05) is 24.3 Å². The molecule has 0 N–H and O–H groups in total. The van der Waals surface area contributed by atoms with Gasteiger partial charge in [0.25, 0.3) is 0 Å². The van der Waals surface area contributed by atoms with Crippen molar-refractivity contribution in [2.75, 3.05) is 20.3 Å². The van der Waals surface area contributed by atoms with Gasteiger partial charge in [0, 0.05) is 23.8 Å². The topological polar surface area (TPSA) is 25.4 Å². The van der Waals surface area contributed by atoms with Crippen molar-refractivity contribution in [3.63, 3.8) is 0 Å². The molecule has 0 saturated carbocycles. The first-order valence-corrected chi connectivity index (χ1v) is 7.16. The first-order valence-electron chi connectivity index (χ1n) is 7.16. The molecule has 3 nitrogen and oxygen atoms in total. The third-order valence-corrected chi connectivity index (χ3v) is 4.57. The van der Waals surface area contributed by atoms with Gasteiger partial charge < -0.3 is 4.74 Å². The zero-order chi connectivity index (χ0) is 13.5. The molecular formula is C17H18N2O. The van der Waals surface area contributed by atoms with E-state index in [2.05, 4.69) is 47.3 Å². The molecule has 0 spiro atoms. The highest BCUT2D eigenvalue weighted by Gasteiger charge is 2.32. The van der Waals surface area contributed by atoms with Crippen LogP contribution in [0.15, 0.2) is 42.7 Å². The second-order valence-corrected chi connectivity index (χ2v) is 5.72. The normalized spacial score (nSPS) is 26.6. The zero-order valence-electron chi connectivity index (χ0n) is 11.6. The quantitative estimate of drug-likeness (QED) is 0.793. The maximum absolute atomic E-state index is 5.68. The van der Waals surface area contributed by atoms with E-state index in [1.165, 1.54) is 21.9 Å². The summed E-state index contributed by atoms with van der Waals surface area (Å²) in [7, 11) is 2.21. The third-order valence-electron chi connectivity index (χ3n) is 4.57. The molecule has 2 aromatic rings. The van der Waals surface area contributed by atoms with Crippen LogP contribution in [0.5, 0.6) is 0 Å². The average Bonchev–Trinajstić information content (AvgIpc) is 2.46. The molecule has 0 radical (unpaired) electrons. The number of pyridine rings is 1. The molecule has 102 valence electrons. The number of benzene rings is 1. The maximum Gasteiger partial charge on any atom is 0.0658 e. The monoisotopic (exact) mass is 266 g/mol. The lowest BCUT2D eigenvalue weighted by Gasteiger charge is -2.42. The first kappa shape index (κ1) is 12.1. The SMILES string of the molecule is CN1C2C=C(c3cccc4cnccc34)CC1COC2. The fraction of sp³-hybridized carbons (Fsp3) is 0.353. The summed E-state index contributed by atoms with van der Waals surface area (Å²) in [6.45, 7) is 1.65. The summed E-state index contributed by atoms with van der Waals surface area (Å²) in [5, 5.41) is 2.52. The van der Waals surface area contributed by atoms with Gasteiger partial charge in [0.05, 0.1) is 19.3 Å². The van der Waals surface area contributed by atoms with Crippen LogP contribution in [0, 0.1) is 0 Å². The van der Waals surface area contributed by atoms with Gasteiger partial charge in [-0.2, -0.15) is 0 Å².